The first-order valence-corrected chi connectivity index (χ1v) is 9.21. The van der Waals surface area contributed by atoms with Crippen molar-refractivity contribution >= 4 is 5.91 Å². The van der Waals surface area contributed by atoms with Gasteiger partial charge in [0.2, 0.25) is 0 Å². The van der Waals surface area contributed by atoms with Crippen LogP contribution in [-0.4, -0.2) is 48.8 Å². The van der Waals surface area contributed by atoms with Crippen LogP contribution in [0.1, 0.15) is 34.6 Å². The molecule has 1 saturated heterocycles. The SMILES string of the molecule is Cc1ccc(C(=O)N2CCC[C@H](Cc3cnc(-c4ncc[nH]4)cn3)C2)cn1. The van der Waals surface area contributed by atoms with Crippen LogP contribution in [-0.2, 0) is 6.42 Å². The topological polar surface area (TPSA) is 87.7 Å². The van der Waals surface area contributed by atoms with E-state index in [4.69, 9.17) is 0 Å². The van der Waals surface area contributed by atoms with Gasteiger partial charge in [-0.2, -0.15) is 0 Å². The molecule has 0 bridgehead atoms. The molecule has 1 aliphatic heterocycles. The third-order valence-corrected chi connectivity index (χ3v) is 4.91. The summed E-state index contributed by atoms with van der Waals surface area (Å²) in [4.78, 5) is 35.1. The highest BCUT2D eigenvalue weighted by Gasteiger charge is 2.25. The Morgan fingerprint density at radius 2 is 2.11 bits per heavy atom. The monoisotopic (exact) mass is 362 g/mol. The number of hydrogen-bond donors (Lipinski definition) is 1. The lowest BCUT2D eigenvalue weighted by Gasteiger charge is -2.32. The Morgan fingerprint density at radius 3 is 2.81 bits per heavy atom. The van der Waals surface area contributed by atoms with E-state index in [1.807, 2.05) is 30.2 Å². The van der Waals surface area contributed by atoms with E-state index >= 15 is 0 Å². The zero-order valence-electron chi connectivity index (χ0n) is 15.3. The second-order valence-electron chi connectivity index (χ2n) is 6.98. The van der Waals surface area contributed by atoms with Crippen LogP contribution in [0.3, 0.4) is 0 Å². The lowest BCUT2D eigenvalue weighted by molar-refractivity contribution is 0.0672. The molecule has 3 aromatic rings. The number of H-pyrrole nitrogens is 1. The van der Waals surface area contributed by atoms with E-state index in [1.54, 1.807) is 24.8 Å². The Balaban J connectivity index is 1.39. The third-order valence-electron chi connectivity index (χ3n) is 4.91. The van der Waals surface area contributed by atoms with Crippen LogP contribution in [0.25, 0.3) is 11.5 Å². The minimum Gasteiger partial charge on any atom is -0.343 e. The molecule has 0 aliphatic carbocycles. The molecule has 7 heteroatoms. The molecule has 1 atom stereocenters. The van der Waals surface area contributed by atoms with Gasteiger partial charge in [0, 0.05) is 43.6 Å². The Labute approximate surface area is 157 Å². The molecule has 1 N–H and O–H groups in total. The van der Waals surface area contributed by atoms with Crippen molar-refractivity contribution in [2.75, 3.05) is 13.1 Å². The lowest BCUT2D eigenvalue weighted by atomic mass is 9.93. The number of nitrogens with zero attached hydrogens (tertiary/aromatic N) is 5. The van der Waals surface area contributed by atoms with E-state index in [2.05, 4.69) is 24.9 Å². The molecule has 0 spiro atoms. The smallest absolute Gasteiger partial charge is 0.255 e. The van der Waals surface area contributed by atoms with Crippen molar-refractivity contribution in [3.05, 3.63) is 60.1 Å². The van der Waals surface area contributed by atoms with Crippen molar-refractivity contribution in [1.82, 2.24) is 29.8 Å². The number of nitrogens with one attached hydrogen (secondary N) is 1. The van der Waals surface area contributed by atoms with Crippen molar-refractivity contribution in [3.8, 4) is 11.5 Å². The number of hydrogen-bond acceptors (Lipinski definition) is 5. The number of aryl methyl sites for hydroxylation is 1. The van der Waals surface area contributed by atoms with Gasteiger partial charge >= 0.3 is 0 Å². The van der Waals surface area contributed by atoms with Crippen molar-refractivity contribution < 1.29 is 4.79 Å². The molecular formula is C20H22N6O. The predicted molar refractivity (Wildman–Crippen MR) is 101 cm³/mol. The zero-order valence-corrected chi connectivity index (χ0v) is 15.3. The van der Waals surface area contributed by atoms with Crippen LogP contribution in [0.15, 0.2) is 43.1 Å². The number of carbonyl (C=O) groups is 1. The molecule has 0 aromatic carbocycles. The molecule has 7 nitrogen and oxygen atoms in total. The van der Waals surface area contributed by atoms with Gasteiger partial charge in [0.25, 0.3) is 5.91 Å². The Hall–Kier alpha value is -3.09. The molecule has 0 unspecified atom stereocenters. The summed E-state index contributed by atoms with van der Waals surface area (Å²) in [6.45, 7) is 3.46. The van der Waals surface area contributed by atoms with Gasteiger partial charge in [-0.1, -0.05) is 0 Å². The van der Waals surface area contributed by atoms with Crippen molar-refractivity contribution in [3.63, 3.8) is 0 Å². The highest BCUT2D eigenvalue weighted by atomic mass is 16.2. The van der Waals surface area contributed by atoms with Crippen LogP contribution in [0.4, 0.5) is 0 Å². The van der Waals surface area contributed by atoms with Gasteiger partial charge in [0.1, 0.15) is 5.69 Å². The molecule has 4 heterocycles. The number of imidazole rings is 1. The number of aromatic nitrogens is 5. The fourth-order valence-corrected chi connectivity index (χ4v) is 3.48. The summed E-state index contributed by atoms with van der Waals surface area (Å²) >= 11 is 0. The number of carbonyl (C=O) groups excluding carboxylic acids is 1. The first kappa shape index (κ1) is 17.3. The van der Waals surface area contributed by atoms with Crippen LogP contribution in [0, 0.1) is 12.8 Å². The summed E-state index contributed by atoms with van der Waals surface area (Å²) in [5.74, 6) is 1.17. The van der Waals surface area contributed by atoms with E-state index in [0.29, 0.717) is 11.5 Å². The number of pyridine rings is 1. The van der Waals surface area contributed by atoms with Crippen molar-refractivity contribution in [2.24, 2.45) is 5.92 Å². The number of aromatic amines is 1. The summed E-state index contributed by atoms with van der Waals surface area (Å²) < 4.78 is 0. The Kier molecular flexibility index (Phi) is 4.91. The largest absolute Gasteiger partial charge is 0.343 e. The van der Waals surface area contributed by atoms with Crippen LogP contribution in [0.5, 0.6) is 0 Å². The van der Waals surface area contributed by atoms with Crippen LogP contribution >= 0.6 is 0 Å². The number of amides is 1. The normalized spacial score (nSPS) is 17.1. The maximum absolute atomic E-state index is 12.7. The highest BCUT2D eigenvalue weighted by Crippen LogP contribution is 2.22. The molecule has 0 saturated carbocycles. The lowest BCUT2D eigenvalue weighted by Crippen LogP contribution is -2.40. The molecule has 3 aromatic heterocycles. The summed E-state index contributed by atoms with van der Waals surface area (Å²) in [6, 6.07) is 3.73. The fraction of sp³-hybridized carbons (Fsp3) is 0.350. The Morgan fingerprint density at radius 1 is 1.19 bits per heavy atom. The first-order chi connectivity index (χ1) is 13.2. The molecule has 0 radical (unpaired) electrons. The van der Waals surface area contributed by atoms with Gasteiger partial charge in [0.05, 0.1) is 17.5 Å². The second kappa shape index (κ2) is 7.65. The van der Waals surface area contributed by atoms with Gasteiger partial charge < -0.3 is 9.88 Å². The molecule has 4 rings (SSSR count). The van der Waals surface area contributed by atoms with Gasteiger partial charge in [-0.3, -0.25) is 14.8 Å². The Bertz CT molecular complexity index is 889. The summed E-state index contributed by atoms with van der Waals surface area (Å²) in [7, 11) is 0. The van der Waals surface area contributed by atoms with Gasteiger partial charge in [-0.05, 0) is 44.2 Å². The zero-order chi connectivity index (χ0) is 18.6. The minimum absolute atomic E-state index is 0.0615. The second-order valence-corrected chi connectivity index (χ2v) is 6.98. The molecule has 1 fully saturated rings. The number of piperidine rings is 1. The van der Waals surface area contributed by atoms with Crippen molar-refractivity contribution in [1.29, 1.82) is 0 Å². The van der Waals surface area contributed by atoms with E-state index in [-0.39, 0.29) is 5.91 Å². The minimum atomic E-state index is 0.0615. The third kappa shape index (κ3) is 4.02. The van der Waals surface area contributed by atoms with Gasteiger partial charge in [0.15, 0.2) is 5.82 Å². The highest BCUT2D eigenvalue weighted by molar-refractivity contribution is 5.94. The number of rotatable bonds is 4. The van der Waals surface area contributed by atoms with Gasteiger partial charge in [-0.15, -0.1) is 0 Å². The average molecular weight is 362 g/mol. The standard InChI is InChI=1S/C20H22N6O/c1-14-4-5-16(10-23-14)20(27)26-8-2-3-15(13-26)9-17-11-25-18(12-24-17)19-21-6-7-22-19/h4-7,10-12,15H,2-3,8-9,13H2,1H3,(H,21,22)/t15-/m1/s1. The fourth-order valence-electron chi connectivity index (χ4n) is 3.48. The maximum atomic E-state index is 12.7. The maximum Gasteiger partial charge on any atom is 0.255 e. The van der Waals surface area contributed by atoms with E-state index in [0.717, 1.165) is 55.3 Å². The molecule has 138 valence electrons. The van der Waals surface area contributed by atoms with Crippen molar-refractivity contribution in [2.45, 2.75) is 26.2 Å². The first-order valence-electron chi connectivity index (χ1n) is 9.21. The van der Waals surface area contributed by atoms with Crippen LogP contribution in [0.2, 0.25) is 0 Å². The molecule has 1 aliphatic rings. The molecular weight excluding hydrogens is 340 g/mol. The predicted octanol–water partition coefficient (Wildman–Crippen LogP) is 2.67. The summed E-state index contributed by atoms with van der Waals surface area (Å²) in [5, 5.41) is 0. The average Bonchev–Trinajstić information content (AvgIpc) is 3.24. The van der Waals surface area contributed by atoms with E-state index in [9.17, 15) is 4.79 Å². The van der Waals surface area contributed by atoms with E-state index < -0.39 is 0 Å². The quantitative estimate of drug-likeness (QED) is 0.771. The summed E-state index contributed by atoms with van der Waals surface area (Å²) in [6.07, 6.45) is 11.6. The molecule has 27 heavy (non-hydrogen) atoms. The van der Waals surface area contributed by atoms with E-state index in [1.165, 1.54) is 0 Å². The van der Waals surface area contributed by atoms with Gasteiger partial charge in [-0.25, -0.2) is 9.97 Å². The summed E-state index contributed by atoms with van der Waals surface area (Å²) in [5.41, 5.74) is 3.25. The molecule has 1 amide bonds. The number of likely N-dealkylation sites (tertiary alicyclic amines) is 1. The van der Waals surface area contributed by atoms with Crippen LogP contribution < -0.4 is 0 Å².